The number of phenolic OH excluding ortho intramolecular Hbond substituents is 1. The Morgan fingerprint density at radius 3 is 2.32 bits per heavy atom. The summed E-state index contributed by atoms with van der Waals surface area (Å²) in [4.78, 5) is 26.3. The SMILES string of the molecule is O=C(O)C1NC(c2ccc(O)cc2)C(C(=O)c2ccc(Cl)cc2Cl)C1c1ccc2c(c1)OCO2. The second kappa shape index (κ2) is 8.83. The Balaban J connectivity index is 1.66. The molecular weight excluding hydrogens is 481 g/mol. The van der Waals surface area contributed by atoms with E-state index in [-0.39, 0.29) is 28.9 Å². The van der Waals surface area contributed by atoms with Crippen LogP contribution in [-0.2, 0) is 4.79 Å². The summed E-state index contributed by atoms with van der Waals surface area (Å²) in [6.07, 6.45) is 0. The van der Waals surface area contributed by atoms with E-state index in [4.69, 9.17) is 32.7 Å². The van der Waals surface area contributed by atoms with Gasteiger partial charge in [-0.15, -0.1) is 0 Å². The Labute approximate surface area is 204 Å². The van der Waals surface area contributed by atoms with Gasteiger partial charge >= 0.3 is 5.97 Å². The van der Waals surface area contributed by atoms with Crippen LogP contribution < -0.4 is 14.8 Å². The third kappa shape index (κ3) is 3.96. The van der Waals surface area contributed by atoms with Crippen LogP contribution in [0.1, 0.15) is 33.4 Å². The molecular formula is C25H19Cl2NO6. The Kier molecular flexibility index (Phi) is 5.85. The summed E-state index contributed by atoms with van der Waals surface area (Å²) in [5.74, 6) is -1.88. The zero-order valence-corrected chi connectivity index (χ0v) is 19.1. The highest BCUT2D eigenvalue weighted by atomic mass is 35.5. The summed E-state index contributed by atoms with van der Waals surface area (Å²) in [5.41, 5.74) is 1.53. The topological polar surface area (TPSA) is 105 Å². The zero-order valence-electron chi connectivity index (χ0n) is 17.6. The predicted octanol–water partition coefficient (Wildman–Crippen LogP) is 4.81. The monoisotopic (exact) mass is 499 g/mol. The van der Waals surface area contributed by atoms with Gasteiger partial charge < -0.3 is 19.7 Å². The van der Waals surface area contributed by atoms with Crippen LogP contribution in [-0.4, -0.2) is 34.8 Å². The second-order valence-electron chi connectivity index (χ2n) is 8.20. The number of aromatic hydroxyl groups is 1. The fourth-order valence-corrected chi connectivity index (χ4v) is 5.23. The Hall–Kier alpha value is -3.26. The molecule has 0 bridgehead atoms. The number of carboxylic acid groups (broad SMARTS) is 1. The molecule has 4 atom stereocenters. The van der Waals surface area contributed by atoms with Gasteiger partial charge in [-0.25, -0.2) is 0 Å². The highest BCUT2D eigenvalue weighted by Crippen LogP contribution is 2.48. The molecule has 174 valence electrons. The molecule has 34 heavy (non-hydrogen) atoms. The number of phenols is 1. The van der Waals surface area contributed by atoms with Crippen LogP contribution in [0.4, 0.5) is 0 Å². The molecule has 4 unspecified atom stereocenters. The second-order valence-corrected chi connectivity index (χ2v) is 9.05. The minimum atomic E-state index is -1.09. The predicted molar refractivity (Wildman–Crippen MR) is 125 cm³/mol. The van der Waals surface area contributed by atoms with Gasteiger partial charge in [0.05, 0.1) is 10.9 Å². The van der Waals surface area contributed by atoms with Crippen LogP contribution in [0.15, 0.2) is 60.7 Å². The number of Topliss-reactive ketones (excluding diaryl/α,β-unsaturated/α-hetero) is 1. The first-order valence-electron chi connectivity index (χ1n) is 10.5. The number of aliphatic carboxylic acids is 1. The molecule has 3 aromatic carbocycles. The molecule has 0 aliphatic carbocycles. The van der Waals surface area contributed by atoms with Crippen molar-refractivity contribution in [2.24, 2.45) is 5.92 Å². The summed E-state index contributed by atoms with van der Waals surface area (Å²) in [7, 11) is 0. The molecule has 2 heterocycles. The maximum Gasteiger partial charge on any atom is 0.321 e. The number of carboxylic acids is 1. The van der Waals surface area contributed by atoms with Crippen molar-refractivity contribution in [3.63, 3.8) is 0 Å². The Morgan fingerprint density at radius 2 is 1.62 bits per heavy atom. The van der Waals surface area contributed by atoms with Crippen LogP contribution in [0.2, 0.25) is 10.0 Å². The molecule has 0 aromatic heterocycles. The van der Waals surface area contributed by atoms with Gasteiger partial charge in [0.2, 0.25) is 6.79 Å². The number of benzene rings is 3. The fourth-order valence-electron chi connectivity index (χ4n) is 4.73. The number of hydrogen-bond acceptors (Lipinski definition) is 6. The summed E-state index contributed by atoms with van der Waals surface area (Å²) in [6, 6.07) is 14.4. The molecule has 3 N–H and O–H groups in total. The first-order valence-corrected chi connectivity index (χ1v) is 11.3. The molecule has 0 radical (unpaired) electrons. The van der Waals surface area contributed by atoms with Crippen molar-refractivity contribution in [2.75, 3.05) is 6.79 Å². The average Bonchev–Trinajstić information content (AvgIpc) is 3.43. The first kappa shape index (κ1) is 22.5. The highest BCUT2D eigenvalue weighted by molar-refractivity contribution is 6.37. The Bertz CT molecular complexity index is 1280. The summed E-state index contributed by atoms with van der Waals surface area (Å²) in [5, 5.41) is 23.5. The van der Waals surface area contributed by atoms with E-state index in [1.807, 2.05) is 0 Å². The van der Waals surface area contributed by atoms with E-state index in [0.29, 0.717) is 27.6 Å². The molecule has 9 heteroatoms. The van der Waals surface area contributed by atoms with Crippen molar-refractivity contribution in [2.45, 2.75) is 18.0 Å². The minimum absolute atomic E-state index is 0.0625. The molecule has 0 spiro atoms. The lowest BCUT2D eigenvalue weighted by atomic mass is 9.76. The smallest absolute Gasteiger partial charge is 0.321 e. The normalized spacial score (nSPS) is 23.1. The van der Waals surface area contributed by atoms with Gasteiger partial charge in [0.1, 0.15) is 11.8 Å². The first-order chi connectivity index (χ1) is 16.3. The molecule has 7 nitrogen and oxygen atoms in total. The van der Waals surface area contributed by atoms with Crippen molar-refractivity contribution in [3.8, 4) is 17.2 Å². The van der Waals surface area contributed by atoms with Crippen molar-refractivity contribution in [3.05, 3.63) is 87.4 Å². The van der Waals surface area contributed by atoms with Gasteiger partial charge in [-0.2, -0.15) is 0 Å². The van der Waals surface area contributed by atoms with Gasteiger partial charge in [0.25, 0.3) is 0 Å². The number of hydrogen-bond donors (Lipinski definition) is 3. The number of carbonyl (C=O) groups excluding carboxylic acids is 1. The van der Waals surface area contributed by atoms with E-state index >= 15 is 0 Å². The zero-order chi connectivity index (χ0) is 24.0. The van der Waals surface area contributed by atoms with Crippen LogP contribution in [0.25, 0.3) is 0 Å². The Morgan fingerprint density at radius 1 is 0.912 bits per heavy atom. The lowest BCUT2D eigenvalue weighted by Gasteiger charge is -2.25. The number of halogens is 2. The summed E-state index contributed by atoms with van der Waals surface area (Å²) in [6.45, 7) is 0.0724. The third-order valence-corrected chi connectivity index (χ3v) is 6.81. The van der Waals surface area contributed by atoms with E-state index in [1.54, 1.807) is 42.5 Å². The van der Waals surface area contributed by atoms with E-state index < -0.39 is 29.9 Å². The van der Waals surface area contributed by atoms with E-state index in [9.17, 15) is 19.8 Å². The van der Waals surface area contributed by atoms with Crippen LogP contribution >= 0.6 is 23.2 Å². The van der Waals surface area contributed by atoms with Gasteiger partial charge in [-0.1, -0.05) is 41.4 Å². The molecule has 3 aromatic rings. The number of rotatable bonds is 5. The molecule has 0 amide bonds. The molecule has 1 fully saturated rings. The maximum absolute atomic E-state index is 13.9. The minimum Gasteiger partial charge on any atom is -0.508 e. The number of ether oxygens (including phenoxy) is 2. The van der Waals surface area contributed by atoms with Gasteiger partial charge in [0.15, 0.2) is 17.3 Å². The summed E-state index contributed by atoms with van der Waals surface area (Å²) < 4.78 is 10.9. The molecule has 2 aliphatic heterocycles. The van der Waals surface area contributed by atoms with Gasteiger partial charge in [0, 0.05) is 22.5 Å². The van der Waals surface area contributed by atoms with E-state index in [1.165, 1.54) is 18.2 Å². The molecule has 0 saturated carbocycles. The standard InChI is InChI=1S/C25H19Cl2NO6/c26-14-4-7-16(17(27)10-14)24(30)21-20(13-3-8-18-19(9-13)34-11-33-18)23(25(31)32)28-22(21)12-1-5-15(29)6-2-12/h1-10,20-23,28-29H,11H2,(H,31,32). The average molecular weight is 500 g/mol. The maximum atomic E-state index is 13.9. The van der Waals surface area contributed by atoms with E-state index in [2.05, 4.69) is 5.32 Å². The lowest BCUT2D eigenvalue weighted by molar-refractivity contribution is -0.139. The number of carbonyl (C=O) groups is 2. The van der Waals surface area contributed by atoms with Crippen molar-refractivity contribution < 1.29 is 29.3 Å². The molecule has 1 saturated heterocycles. The van der Waals surface area contributed by atoms with Crippen LogP contribution in [0.5, 0.6) is 17.2 Å². The number of ketones is 1. The van der Waals surface area contributed by atoms with Crippen molar-refractivity contribution >= 4 is 35.0 Å². The number of fused-ring (bicyclic) bond motifs is 1. The highest BCUT2D eigenvalue weighted by Gasteiger charge is 2.51. The summed E-state index contributed by atoms with van der Waals surface area (Å²) >= 11 is 12.4. The van der Waals surface area contributed by atoms with Gasteiger partial charge in [-0.05, 0) is 53.6 Å². The van der Waals surface area contributed by atoms with Gasteiger partial charge in [-0.3, -0.25) is 14.9 Å². The number of nitrogens with one attached hydrogen (secondary N) is 1. The molecule has 5 rings (SSSR count). The van der Waals surface area contributed by atoms with Crippen LogP contribution in [0.3, 0.4) is 0 Å². The van der Waals surface area contributed by atoms with E-state index in [0.717, 1.165) is 0 Å². The third-order valence-electron chi connectivity index (χ3n) is 6.26. The van der Waals surface area contributed by atoms with Crippen molar-refractivity contribution in [1.29, 1.82) is 0 Å². The molecule has 2 aliphatic rings. The largest absolute Gasteiger partial charge is 0.508 e. The quantitative estimate of drug-likeness (QED) is 0.432. The fraction of sp³-hybridized carbons (Fsp3) is 0.200. The van der Waals surface area contributed by atoms with Crippen LogP contribution in [0, 0.1) is 5.92 Å². The van der Waals surface area contributed by atoms with Crippen molar-refractivity contribution in [1.82, 2.24) is 5.32 Å². The lowest BCUT2D eigenvalue weighted by Crippen LogP contribution is -2.35.